The predicted octanol–water partition coefficient (Wildman–Crippen LogP) is 4.29. The average molecular weight is 342 g/mol. The van der Waals surface area contributed by atoms with Gasteiger partial charge in [-0.2, -0.15) is 0 Å². The lowest BCUT2D eigenvalue weighted by molar-refractivity contribution is 0.131. The van der Waals surface area contributed by atoms with Gasteiger partial charge in [0.25, 0.3) is 0 Å². The molecule has 0 N–H and O–H groups in total. The summed E-state index contributed by atoms with van der Waals surface area (Å²) in [6.07, 6.45) is 1.99. The van der Waals surface area contributed by atoms with Crippen LogP contribution < -0.4 is 5.19 Å². The maximum Gasteiger partial charge on any atom is 0.475 e. The molecular formula is C16H27O4PSi. The van der Waals surface area contributed by atoms with E-state index in [9.17, 15) is 4.57 Å². The molecule has 1 aromatic rings. The zero-order chi connectivity index (χ0) is 16.6. The van der Waals surface area contributed by atoms with Crippen LogP contribution in [0.4, 0.5) is 0 Å². The van der Waals surface area contributed by atoms with E-state index < -0.39 is 15.9 Å². The van der Waals surface area contributed by atoms with Gasteiger partial charge >= 0.3 is 7.82 Å². The summed E-state index contributed by atoms with van der Waals surface area (Å²) in [6, 6.07) is 10.5. The molecule has 0 saturated carbocycles. The van der Waals surface area contributed by atoms with Crippen molar-refractivity contribution >= 4 is 21.1 Å². The standard InChI is InChI=1S/C16H27O4PSi/c1-6-18-21(17,19-7-2)20-14-13-15(3)22(4,5)16-11-9-8-10-12-16/h8-13H,6-7,14H2,1-5H3/b15-13+. The number of phosphoric ester groups is 1. The predicted molar refractivity (Wildman–Crippen MR) is 94.1 cm³/mol. The third-order valence-electron chi connectivity index (χ3n) is 3.68. The number of rotatable bonds is 9. The molecular weight excluding hydrogens is 315 g/mol. The Morgan fingerprint density at radius 1 is 1.09 bits per heavy atom. The quantitative estimate of drug-likeness (QED) is 0.496. The Balaban J connectivity index is 2.75. The topological polar surface area (TPSA) is 44.8 Å². The fourth-order valence-corrected chi connectivity index (χ4v) is 5.21. The lowest BCUT2D eigenvalue weighted by Crippen LogP contribution is -2.43. The van der Waals surface area contributed by atoms with E-state index >= 15 is 0 Å². The molecule has 0 saturated heterocycles. The zero-order valence-electron chi connectivity index (χ0n) is 14.2. The van der Waals surface area contributed by atoms with Crippen molar-refractivity contribution < 1.29 is 18.1 Å². The molecule has 0 atom stereocenters. The van der Waals surface area contributed by atoms with E-state index in [-0.39, 0.29) is 6.61 Å². The minimum atomic E-state index is -3.43. The highest BCUT2D eigenvalue weighted by molar-refractivity contribution is 7.48. The Bertz CT molecular complexity index is 518. The molecule has 0 fully saturated rings. The molecule has 0 radical (unpaired) electrons. The van der Waals surface area contributed by atoms with Gasteiger partial charge in [-0.05, 0) is 20.8 Å². The third-order valence-corrected chi connectivity index (χ3v) is 9.24. The van der Waals surface area contributed by atoms with Crippen molar-refractivity contribution in [3.05, 3.63) is 41.6 Å². The van der Waals surface area contributed by atoms with Crippen LogP contribution in [0.25, 0.3) is 0 Å². The molecule has 124 valence electrons. The smallest absolute Gasteiger partial charge is 0.287 e. The van der Waals surface area contributed by atoms with E-state index in [2.05, 4.69) is 44.3 Å². The van der Waals surface area contributed by atoms with Gasteiger partial charge in [-0.3, -0.25) is 13.6 Å². The molecule has 1 aromatic carbocycles. The molecule has 6 heteroatoms. The van der Waals surface area contributed by atoms with Gasteiger partial charge in [0.15, 0.2) is 0 Å². The van der Waals surface area contributed by atoms with Crippen molar-refractivity contribution in [3.63, 3.8) is 0 Å². The van der Waals surface area contributed by atoms with Crippen LogP contribution in [0.5, 0.6) is 0 Å². The minimum Gasteiger partial charge on any atom is -0.287 e. The Labute approximate surface area is 135 Å². The first-order valence-electron chi connectivity index (χ1n) is 7.62. The lowest BCUT2D eigenvalue weighted by atomic mass is 10.4. The van der Waals surface area contributed by atoms with E-state index in [0.29, 0.717) is 13.2 Å². The molecule has 0 unspecified atom stereocenters. The van der Waals surface area contributed by atoms with E-state index in [0.717, 1.165) is 0 Å². The molecule has 0 aliphatic heterocycles. The molecule has 4 nitrogen and oxygen atoms in total. The molecule has 0 bridgehead atoms. The van der Waals surface area contributed by atoms with Crippen molar-refractivity contribution in [1.82, 2.24) is 0 Å². The highest BCUT2D eigenvalue weighted by atomic mass is 31.2. The molecule has 0 amide bonds. The maximum atomic E-state index is 12.2. The van der Waals surface area contributed by atoms with Crippen LogP contribution in [0.3, 0.4) is 0 Å². The maximum absolute atomic E-state index is 12.2. The SMILES string of the molecule is CCOP(=O)(OCC)OC/C=C(\C)[Si](C)(C)c1ccccc1. The van der Waals surface area contributed by atoms with E-state index in [1.54, 1.807) is 13.8 Å². The summed E-state index contributed by atoms with van der Waals surface area (Å²) < 4.78 is 27.8. The summed E-state index contributed by atoms with van der Waals surface area (Å²) in [5, 5.41) is 2.64. The lowest BCUT2D eigenvalue weighted by Gasteiger charge is -2.24. The van der Waals surface area contributed by atoms with Gasteiger partial charge in [0.2, 0.25) is 0 Å². The summed E-state index contributed by atoms with van der Waals surface area (Å²) in [5.74, 6) is 0. The van der Waals surface area contributed by atoms with Gasteiger partial charge in [0, 0.05) is 0 Å². The fourth-order valence-electron chi connectivity index (χ4n) is 2.02. The van der Waals surface area contributed by atoms with Gasteiger partial charge in [-0.15, -0.1) is 0 Å². The Hall–Kier alpha value is -0.713. The zero-order valence-corrected chi connectivity index (χ0v) is 16.1. The second-order valence-corrected chi connectivity index (χ2v) is 11.7. The van der Waals surface area contributed by atoms with Gasteiger partial charge in [-0.25, -0.2) is 4.57 Å². The number of hydrogen-bond acceptors (Lipinski definition) is 4. The van der Waals surface area contributed by atoms with Crippen LogP contribution in [0.15, 0.2) is 41.6 Å². The third kappa shape index (κ3) is 5.49. The molecule has 22 heavy (non-hydrogen) atoms. The normalized spacial score (nSPS) is 13.4. The second-order valence-electron chi connectivity index (χ2n) is 5.46. The minimum absolute atomic E-state index is 0.229. The molecule has 0 aliphatic rings. The van der Waals surface area contributed by atoms with Crippen LogP contribution in [0, 0.1) is 0 Å². The summed E-state index contributed by atoms with van der Waals surface area (Å²) in [7, 11) is -5.14. The van der Waals surface area contributed by atoms with Gasteiger partial charge in [0.05, 0.1) is 19.8 Å². The molecule has 1 rings (SSSR count). The van der Waals surface area contributed by atoms with Gasteiger partial charge < -0.3 is 0 Å². The summed E-state index contributed by atoms with van der Waals surface area (Å²) >= 11 is 0. The largest absolute Gasteiger partial charge is 0.475 e. The number of benzene rings is 1. The van der Waals surface area contributed by atoms with Crippen molar-refractivity contribution in [2.24, 2.45) is 0 Å². The van der Waals surface area contributed by atoms with E-state index in [1.165, 1.54) is 10.4 Å². The molecule has 0 spiro atoms. The molecule has 0 aromatic heterocycles. The van der Waals surface area contributed by atoms with Crippen LogP contribution in [-0.2, 0) is 18.1 Å². The highest BCUT2D eigenvalue weighted by Crippen LogP contribution is 2.49. The van der Waals surface area contributed by atoms with Crippen molar-refractivity contribution in [3.8, 4) is 0 Å². The van der Waals surface area contributed by atoms with Gasteiger partial charge in [-0.1, -0.05) is 59.9 Å². The summed E-state index contributed by atoms with van der Waals surface area (Å²) in [4.78, 5) is 0. The van der Waals surface area contributed by atoms with Gasteiger partial charge in [0.1, 0.15) is 8.07 Å². The van der Waals surface area contributed by atoms with E-state index in [1.807, 2.05) is 12.1 Å². The van der Waals surface area contributed by atoms with Crippen LogP contribution in [0.2, 0.25) is 13.1 Å². The number of hydrogen-bond donors (Lipinski definition) is 0. The van der Waals surface area contributed by atoms with Crippen LogP contribution in [0.1, 0.15) is 20.8 Å². The molecule has 0 heterocycles. The van der Waals surface area contributed by atoms with Crippen LogP contribution >= 0.6 is 7.82 Å². The second kappa shape index (κ2) is 8.80. The molecule has 0 aliphatic carbocycles. The summed E-state index contributed by atoms with van der Waals surface area (Å²) in [5.41, 5.74) is 0. The highest BCUT2D eigenvalue weighted by Gasteiger charge is 2.27. The Kier molecular flexibility index (Phi) is 7.73. The van der Waals surface area contributed by atoms with Crippen molar-refractivity contribution in [2.75, 3.05) is 19.8 Å². The first-order chi connectivity index (χ1) is 10.4. The first-order valence-corrected chi connectivity index (χ1v) is 12.1. The monoisotopic (exact) mass is 342 g/mol. The Morgan fingerprint density at radius 2 is 1.64 bits per heavy atom. The van der Waals surface area contributed by atoms with E-state index in [4.69, 9.17) is 13.6 Å². The number of allylic oxidation sites excluding steroid dienone is 1. The first kappa shape index (κ1) is 19.3. The van der Waals surface area contributed by atoms with Crippen LogP contribution in [-0.4, -0.2) is 27.9 Å². The fraction of sp³-hybridized carbons (Fsp3) is 0.500. The average Bonchev–Trinajstić information content (AvgIpc) is 2.48. The van der Waals surface area contributed by atoms with Crippen molar-refractivity contribution in [1.29, 1.82) is 0 Å². The summed E-state index contributed by atoms with van der Waals surface area (Å²) in [6.45, 7) is 11.0. The van der Waals surface area contributed by atoms with Crippen molar-refractivity contribution in [2.45, 2.75) is 33.9 Å². The number of phosphoric acid groups is 1. The Morgan fingerprint density at radius 3 is 2.14 bits per heavy atom.